The second kappa shape index (κ2) is 7.95. The number of amides is 1. The summed E-state index contributed by atoms with van der Waals surface area (Å²) in [5, 5.41) is 1.22. The standard InChI is InChI=1S/C21H24N2O3/c1-23(11-10-16-14-22-18-7-5-4-6-17(16)18)21(24)13-15-8-9-19(25-2)20(12-15)26-3/h4-9,12,14,22H,10-11,13H2,1-3H3. The maximum absolute atomic E-state index is 12.5. The van der Waals surface area contributed by atoms with Gasteiger partial charge in [-0.2, -0.15) is 0 Å². The van der Waals surface area contributed by atoms with Gasteiger partial charge in [0.05, 0.1) is 20.6 Å². The van der Waals surface area contributed by atoms with Crippen molar-refractivity contribution in [2.24, 2.45) is 0 Å². The molecule has 0 aliphatic rings. The predicted octanol–water partition coefficient (Wildman–Crippen LogP) is 3.43. The molecule has 0 spiro atoms. The number of nitrogens with zero attached hydrogens (tertiary/aromatic N) is 1. The first-order valence-electron chi connectivity index (χ1n) is 8.62. The molecule has 0 saturated heterocycles. The minimum atomic E-state index is 0.0806. The molecule has 5 nitrogen and oxygen atoms in total. The molecule has 1 N–H and O–H groups in total. The summed E-state index contributed by atoms with van der Waals surface area (Å²) in [6.45, 7) is 0.675. The zero-order valence-corrected chi connectivity index (χ0v) is 15.4. The predicted molar refractivity (Wildman–Crippen MR) is 103 cm³/mol. The highest BCUT2D eigenvalue weighted by molar-refractivity contribution is 5.83. The molecule has 1 amide bonds. The van der Waals surface area contributed by atoms with Crippen molar-refractivity contribution >= 4 is 16.8 Å². The Kier molecular flexibility index (Phi) is 5.46. The van der Waals surface area contributed by atoms with Gasteiger partial charge in [0.15, 0.2) is 11.5 Å². The van der Waals surface area contributed by atoms with Crippen LogP contribution in [0.2, 0.25) is 0 Å². The first kappa shape index (κ1) is 17.9. The lowest BCUT2D eigenvalue weighted by Gasteiger charge is -2.17. The van der Waals surface area contributed by atoms with Crippen LogP contribution in [-0.2, 0) is 17.6 Å². The van der Waals surface area contributed by atoms with Crippen LogP contribution < -0.4 is 9.47 Å². The molecule has 0 aliphatic carbocycles. The lowest BCUT2D eigenvalue weighted by molar-refractivity contribution is -0.129. The van der Waals surface area contributed by atoms with E-state index in [1.54, 1.807) is 19.1 Å². The van der Waals surface area contributed by atoms with E-state index in [9.17, 15) is 4.79 Å². The number of rotatable bonds is 7. The quantitative estimate of drug-likeness (QED) is 0.709. The van der Waals surface area contributed by atoms with Gasteiger partial charge in [0.2, 0.25) is 5.91 Å². The topological polar surface area (TPSA) is 54.6 Å². The fourth-order valence-corrected chi connectivity index (χ4v) is 3.05. The largest absolute Gasteiger partial charge is 0.493 e. The van der Waals surface area contributed by atoms with E-state index in [1.165, 1.54) is 10.9 Å². The summed E-state index contributed by atoms with van der Waals surface area (Å²) < 4.78 is 10.5. The van der Waals surface area contributed by atoms with Crippen molar-refractivity contribution in [3.8, 4) is 11.5 Å². The Bertz CT molecular complexity index is 901. The van der Waals surface area contributed by atoms with Gasteiger partial charge in [0, 0.05) is 30.7 Å². The van der Waals surface area contributed by atoms with E-state index in [1.807, 2.05) is 43.6 Å². The molecule has 26 heavy (non-hydrogen) atoms. The molecular weight excluding hydrogens is 328 g/mol. The Balaban J connectivity index is 1.61. The van der Waals surface area contributed by atoms with Crippen molar-refractivity contribution in [1.29, 1.82) is 0 Å². The molecule has 0 fully saturated rings. The van der Waals surface area contributed by atoms with E-state index in [0.29, 0.717) is 24.5 Å². The molecule has 1 heterocycles. The Hall–Kier alpha value is -2.95. The van der Waals surface area contributed by atoms with Crippen LogP contribution in [-0.4, -0.2) is 43.6 Å². The lowest BCUT2D eigenvalue weighted by Crippen LogP contribution is -2.30. The number of ether oxygens (including phenoxy) is 2. The fourth-order valence-electron chi connectivity index (χ4n) is 3.05. The zero-order valence-electron chi connectivity index (χ0n) is 15.4. The van der Waals surface area contributed by atoms with E-state index < -0.39 is 0 Å². The number of para-hydroxylation sites is 1. The molecule has 0 aliphatic heterocycles. The van der Waals surface area contributed by atoms with Gasteiger partial charge in [-0.15, -0.1) is 0 Å². The van der Waals surface area contributed by atoms with Crippen molar-refractivity contribution in [3.63, 3.8) is 0 Å². The van der Waals surface area contributed by atoms with Gasteiger partial charge in [-0.1, -0.05) is 24.3 Å². The summed E-state index contributed by atoms with van der Waals surface area (Å²) in [5.41, 5.74) is 3.26. The van der Waals surface area contributed by atoms with Crippen molar-refractivity contribution in [1.82, 2.24) is 9.88 Å². The third kappa shape index (κ3) is 3.82. The smallest absolute Gasteiger partial charge is 0.226 e. The third-order valence-corrected chi connectivity index (χ3v) is 4.62. The number of aromatic nitrogens is 1. The number of hydrogen-bond acceptors (Lipinski definition) is 3. The number of benzene rings is 2. The molecule has 0 unspecified atom stereocenters. The SMILES string of the molecule is COc1ccc(CC(=O)N(C)CCc2c[nH]c3ccccc23)cc1OC. The van der Waals surface area contributed by atoms with Gasteiger partial charge in [0.25, 0.3) is 0 Å². The monoisotopic (exact) mass is 352 g/mol. The molecule has 0 saturated carbocycles. The average molecular weight is 352 g/mol. The normalized spacial score (nSPS) is 10.7. The molecule has 136 valence electrons. The summed E-state index contributed by atoms with van der Waals surface area (Å²) in [7, 11) is 5.04. The number of fused-ring (bicyclic) bond motifs is 1. The minimum absolute atomic E-state index is 0.0806. The maximum atomic E-state index is 12.5. The van der Waals surface area contributed by atoms with Crippen LogP contribution in [0.1, 0.15) is 11.1 Å². The first-order valence-corrected chi connectivity index (χ1v) is 8.62. The fraction of sp³-hybridized carbons (Fsp3) is 0.286. The van der Waals surface area contributed by atoms with Gasteiger partial charge < -0.3 is 19.4 Å². The summed E-state index contributed by atoms with van der Waals surface area (Å²) >= 11 is 0. The van der Waals surface area contributed by atoms with E-state index in [-0.39, 0.29) is 5.91 Å². The van der Waals surface area contributed by atoms with Crippen LogP contribution in [0.3, 0.4) is 0 Å². The van der Waals surface area contributed by atoms with Crippen molar-refractivity contribution in [2.75, 3.05) is 27.8 Å². The van der Waals surface area contributed by atoms with Gasteiger partial charge in [-0.25, -0.2) is 0 Å². The Labute approximate surface area is 153 Å². The summed E-state index contributed by atoms with van der Waals surface area (Å²) in [4.78, 5) is 17.6. The molecule has 1 aromatic heterocycles. The summed E-state index contributed by atoms with van der Waals surface area (Å²) in [6, 6.07) is 13.8. The highest BCUT2D eigenvalue weighted by atomic mass is 16.5. The number of H-pyrrole nitrogens is 1. The van der Waals surface area contributed by atoms with Crippen LogP contribution >= 0.6 is 0 Å². The van der Waals surface area contributed by atoms with E-state index >= 15 is 0 Å². The van der Waals surface area contributed by atoms with Crippen LogP contribution in [0, 0.1) is 0 Å². The Morgan fingerprint density at radius 2 is 1.85 bits per heavy atom. The van der Waals surface area contributed by atoms with Gasteiger partial charge in [0.1, 0.15) is 0 Å². The summed E-state index contributed by atoms with van der Waals surface area (Å²) in [6.07, 6.45) is 3.18. The van der Waals surface area contributed by atoms with Gasteiger partial charge in [-0.05, 0) is 35.7 Å². The van der Waals surface area contributed by atoms with Crippen molar-refractivity contribution in [2.45, 2.75) is 12.8 Å². The second-order valence-corrected chi connectivity index (χ2v) is 6.29. The molecule has 0 atom stereocenters. The van der Waals surface area contributed by atoms with Gasteiger partial charge in [-0.3, -0.25) is 4.79 Å². The summed E-state index contributed by atoms with van der Waals surface area (Å²) in [5.74, 6) is 1.38. The van der Waals surface area contributed by atoms with E-state index in [0.717, 1.165) is 17.5 Å². The van der Waals surface area contributed by atoms with Crippen LogP contribution in [0.4, 0.5) is 0 Å². The highest BCUT2D eigenvalue weighted by Crippen LogP contribution is 2.27. The molecule has 0 radical (unpaired) electrons. The van der Waals surface area contributed by atoms with Crippen molar-refractivity contribution in [3.05, 3.63) is 59.8 Å². The lowest BCUT2D eigenvalue weighted by atomic mass is 10.1. The molecular formula is C21H24N2O3. The van der Waals surface area contributed by atoms with E-state index in [4.69, 9.17) is 9.47 Å². The molecule has 3 aromatic rings. The number of aromatic amines is 1. The van der Waals surface area contributed by atoms with Crippen molar-refractivity contribution < 1.29 is 14.3 Å². The number of nitrogens with one attached hydrogen (secondary N) is 1. The number of hydrogen-bond donors (Lipinski definition) is 1. The van der Waals surface area contributed by atoms with Gasteiger partial charge >= 0.3 is 0 Å². The Morgan fingerprint density at radius 3 is 2.62 bits per heavy atom. The zero-order chi connectivity index (χ0) is 18.5. The molecule has 2 aromatic carbocycles. The maximum Gasteiger partial charge on any atom is 0.226 e. The third-order valence-electron chi connectivity index (χ3n) is 4.62. The van der Waals surface area contributed by atoms with Crippen LogP contribution in [0.25, 0.3) is 10.9 Å². The van der Waals surface area contributed by atoms with Crippen LogP contribution in [0.15, 0.2) is 48.7 Å². The second-order valence-electron chi connectivity index (χ2n) is 6.29. The Morgan fingerprint density at radius 1 is 1.08 bits per heavy atom. The molecule has 0 bridgehead atoms. The number of carbonyl (C=O) groups is 1. The number of methoxy groups -OCH3 is 2. The van der Waals surface area contributed by atoms with Crippen LogP contribution in [0.5, 0.6) is 11.5 Å². The number of carbonyl (C=O) groups excluding carboxylic acids is 1. The molecule has 5 heteroatoms. The van der Waals surface area contributed by atoms with E-state index in [2.05, 4.69) is 17.1 Å². The average Bonchev–Trinajstić information content (AvgIpc) is 3.09. The first-order chi connectivity index (χ1) is 12.6. The molecule has 3 rings (SSSR count). The number of likely N-dealkylation sites (N-methyl/N-ethyl adjacent to an activating group) is 1. The minimum Gasteiger partial charge on any atom is -0.493 e. The highest BCUT2D eigenvalue weighted by Gasteiger charge is 2.13.